The third kappa shape index (κ3) is 4.65. The molecular formula is C27H28N4O4. The van der Waals surface area contributed by atoms with E-state index in [1.54, 1.807) is 19.3 Å². The zero-order valence-corrected chi connectivity index (χ0v) is 19.9. The van der Waals surface area contributed by atoms with Crippen molar-refractivity contribution in [3.63, 3.8) is 0 Å². The number of Topliss-reactive ketones (excluding diaryl/α,β-unsaturated/α-hetero) is 1. The average molecular weight is 473 g/mol. The summed E-state index contributed by atoms with van der Waals surface area (Å²) in [6, 6.07) is 15.5. The number of nitrogens with zero attached hydrogens (tertiary/aromatic N) is 3. The molecule has 2 atom stereocenters. The topological polar surface area (TPSA) is 103 Å². The number of benzene rings is 2. The number of likely N-dealkylation sites (N-methyl/N-ethyl adjacent to an activating group) is 1. The summed E-state index contributed by atoms with van der Waals surface area (Å²) in [5.41, 5.74) is 1.43. The zero-order valence-electron chi connectivity index (χ0n) is 19.9. The van der Waals surface area contributed by atoms with Crippen molar-refractivity contribution in [2.45, 2.75) is 39.3 Å². The van der Waals surface area contributed by atoms with E-state index in [0.29, 0.717) is 12.1 Å². The molecule has 1 aliphatic rings. The lowest BCUT2D eigenvalue weighted by molar-refractivity contribution is -0.168. The molecule has 8 nitrogen and oxygen atoms in total. The molecule has 0 bridgehead atoms. The number of hydrogen-bond donors (Lipinski definition) is 2. The predicted molar refractivity (Wildman–Crippen MR) is 133 cm³/mol. The number of carbonyl (C=O) groups excluding carboxylic acids is 2. The number of aliphatic carboxylic acids is 1. The number of hydrogen-bond acceptors (Lipinski definition) is 6. The third-order valence-electron chi connectivity index (χ3n) is 6.20. The van der Waals surface area contributed by atoms with Crippen molar-refractivity contribution in [3.8, 4) is 0 Å². The van der Waals surface area contributed by atoms with Gasteiger partial charge in [-0.2, -0.15) is 5.01 Å². The molecule has 0 spiro atoms. The second-order valence-electron chi connectivity index (χ2n) is 8.56. The minimum Gasteiger partial charge on any atom is -0.480 e. The molecule has 0 fully saturated rings. The van der Waals surface area contributed by atoms with Crippen LogP contribution in [-0.4, -0.2) is 56.4 Å². The Labute approximate surface area is 203 Å². The molecule has 0 saturated heterocycles. The van der Waals surface area contributed by atoms with E-state index in [2.05, 4.69) is 10.3 Å². The van der Waals surface area contributed by atoms with Gasteiger partial charge in [0.2, 0.25) is 0 Å². The molecule has 35 heavy (non-hydrogen) atoms. The molecule has 0 saturated carbocycles. The van der Waals surface area contributed by atoms with Gasteiger partial charge in [0.1, 0.15) is 5.70 Å². The lowest BCUT2D eigenvalue weighted by Crippen LogP contribution is -2.63. The van der Waals surface area contributed by atoms with Gasteiger partial charge < -0.3 is 10.4 Å². The minimum absolute atomic E-state index is 0.0342. The summed E-state index contributed by atoms with van der Waals surface area (Å²) in [6.45, 7) is 5.19. The molecule has 0 radical (unpaired) electrons. The standard InChI is InChI=1S/C27H28N4O4/c1-4-30-26(33)24(29-22-16-28-15-20-12-8-9-13-21(20)22)23(18(3)32)25(27(34)35)31(30)17(2)14-19-10-6-5-7-11-19/h5-13,15-17,25,29H,4,14H2,1-3H3,(H,34,35). The van der Waals surface area contributed by atoms with E-state index in [9.17, 15) is 19.5 Å². The van der Waals surface area contributed by atoms with Crippen molar-refractivity contribution in [3.05, 3.63) is 83.8 Å². The molecule has 1 aliphatic heterocycles. The summed E-state index contributed by atoms with van der Waals surface area (Å²) in [5, 5.41) is 18.0. The Morgan fingerprint density at radius 1 is 1.09 bits per heavy atom. The molecule has 0 aliphatic carbocycles. The fraction of sp³-hybridized carbons (Fsp3) is 0.259. The van der Waals surface area contributed by atoms with Crippen LogP contribution in [0.3, 0.4) is 0 Å². The Morgan fingerprint density at radius 3 is 2.43 bits per heavy atom. The molecule has 1 aromatic heterocycles. The quantitative estimate of drug-likeness (QED) is 0.516. The van der Waals surface area contributed by atoms with Crippen molar-refractivity contribution in [1.82, 2.24) is 15.0 Å². The lowest BCUT2D eigenvalue weighted by atomic mass is 9.94. The first-order chi connectivity index (χ1) is 16.8. The van der Waals surface area contributed by atoms with Gasteiger partial charge in [0, 0.05) is 29.6 Å². The second-order valence-corrected chi connectivity index (χ2v) is 8.56. The molecular weight excluding hydrogens is 444 g/mol. The molecule has 2 aromatic carbocycles. The van der Waals surface area contributed by atoms with E-state index in [-0.39, 0.29) is 23.9 Å². The highest BCUT2D eigenvalue weighted by Crippen LogP contribution is 2.32. The van der Waals surface area contributed by atoms with Gasteiger partial charge in [0.25, 0.3) is 5.91 Å². The average Bonchev–Trinajstić information content (AvgIpc) is 2.85. The smallest absolute Gasteiger partial charge is 0.327 e. The molecule has 2 N–H and O–H groups in total. The van der Waals surface area contributed by atoms with Gasteiger partial charge in [-0.05, 0) is 32.8 Å². The summed E-state index contributed by atoms with van der Waals surface area (Å²) in [6.07, 6.45) is 3.78. The molecule has 180 valence electrons. The van der Waals surface area contributed by atoms with Gasteiger partial charge in [0.15, 0.2) is 11.8 Å². The molecule has 4 rings (SSSR count). The van der Waals surface area contributed by atoms with Crippen LogP contribution in [0.15, 0.2) is 78.3 Å². The van der Waals surface area contributed by atoms with Crippen LogP contribution < -0.4 is 5.32 Å². The lowest BCUT2D eigenvalue weighted by Gasteiger charge is -2.46. The van der Waals surface area contributed by atoms with Gasteiger partial charge in [-0.15, -0.1) is 0 Å². The van der Waals surface area contributed by atoms with Crippen LogP contribution in [0.4, 0.5) is 5.69 Å². The molecule has 1 amide bonds. The van der Waals surface area contributed by atoms with E-state index in [1.165, 1.54) is 16.9 Å². The molecule has 2 heterocycles. The predicted octanol–water partition coefficient (Wildman–Crippen LogP) is 3.65. The van der Waals surface area contributed by atoms with Crippen LogP contribution in [-0.2, 0) is 20.8 Å². The highest BCUT2D eigenvalue weighted by atomic mass is 16.4. The van der Waals surface area contributed by atoms with Gasteiger partial charge in [-0.3, -0.25) is 24.4 Å². The minimum atomic E-state index is -1.32. The van der Waals surface area contributed by atoms with Crippen molar-refractivity contribution in [2.24, 2.45) is 0 Å². The van der Waals surface area contributed by atoms with E-state index < -0.39 is 23.7 Å². The van der Waals surface area contributed by atoms with Crippen molar-refractivity contribution >= 4 is 34.1 Å². The fourth-order valence-electron chi connectivity index (χ4n) is 4.68. The van der Waals surface area contributed by atoms with E-state index in [0.717, 1.165) is 16.3 Å². The third-order valence-corrected chi connectivity index (χ3v) is 6.20. The summed E-state index contributed by atoms with van der Waals surface area (Å²) in [7, 11) is 0. The maximum absolute atomic E-state index is 13.7. The largest absolute Gasteiger partial charge is 0.480 e. The number of hydrazine groups is 1. The highest BCUT2D eigenvalue weighted by molar-refractivity contribution is 6.12. The number of pyridine rings is 1. The van der Waals surface area contributed by atoms with E-state index in [4.69, 9.17) is 0 Å². The Kier molecular flexibility index (Phi) is 6.93. The fourth-order valence-corrected chi connectivity index (χ4v) is 4.68. The first kappa shape index (κ1) is 24.1. The normalized spacial score (nSPS) is 17.5. The number of carboxylic acid groups (broad SMARTS) is 1. The van der Waals surface area contributed by atoms with Crippen LogP contribution in [0.5, 0.6) is 0 Å². The number of ketones is 1. The van der Waals surface area contributed by atoms with Gasteiger partial charge in [0.05, 0.1) is 17.5 Å². The monoisotopic (exact) mass is 472 g/mol. The number of aromatic nitrogens is 1. The summed E-state index contributed by atoms with van der Waals surface area (Å²) >= 11 is 0. The van der Waals surface area contributed by atoms with Gasteiger partial charge in [-0.25, -0.2) is 0 Å². The Morgan fingerprint density at radius 2 is 1.77 bits per heavy atom. The van der Waals surface area contributed by atoms with Gasteiger partial charge in [-0.1, -0.05) is 54.6 Å². The van der Waals surface area contributed by atoms with Crippen molar-refractivity contribution in [1.29, 1.82) is 0 Å². The number of carbonyl (C=O) groups is 3. The number of carboxylic acids is 1. The Balaban J connectivity index is 1.83. The van der Waals surface area contributed by atoms with Crippen LogP contribution >= 0.6 is 0 Å². The number of rotatable bonds is 8. The number of nitrogens with one attached hydrogen (secondary N) is 1. The SMILES string of the molecule is CCN1C(=O)C(Nc2cncc3ccccc23)=C(C(C)=O)C(C(=O)O)N1C(C)Cc1ccccc1. The Hall–Kier alpha value is -4.04. The number of anilines is 1. The molecule has 2 unspecified atom stereocenters. The number of fused-ring (bicyclic) bond motifs is 1. The first-order valence-corrected chi connectivity index (χ1v) is 11.5. The Bertz CT molecular complexity index is 1300. The van der Waals surface area contributed by atoms with Crippen LogP contribution in [0.2, 0.25) is 0 Å². The second kappa shape index (κ2) is 10.1. The van der Waals surface area contributed by atoms with Gasteiger partial charge >= 0.3 is 5.97 Å². The van der Waals surface area contributed by atoms with Crippen molar-refractivity contribution < 1.29 is 19.5 Å². The van der Waals surface area contributed by atoms with E-state index >= 15 is 0 Å². The van der Waals surface area contributed by atoms with Crippen LogP contribution in [0.25, 0.3) is 10.8 Å². The van der Waals surface area contributed by atoms with Crippen LogP contribution in [0.1, 0.15) is 26.3 Å². The number of amides is 1. The highest BCUT2D eigenvalue weighted by Gasteiger charge is 2.47. The van der Waals surface area contributed by atoms with Crippen molar-refractivity contribution in [2.75, 3.05) is 11.9 Å². The van der Waals surface area contributed by atoms with E-state index in [1.807, 2.05) is 61.5 Å². The first-order valence-electron chi connectivity index (χ1n) is 11.5. The zero-order chi connectivity index (χ0) is 25.1. The molecule has 8 heteroatoms. The molecule has 3 aromatic rings. The maximum atomic E-state index is 13.7. The summed E-state index contributed by atoms with van der Waals surface area (Å²) in [4.78, 5) is 43.5. The summed E-state index contributed by atoms with van der Waals surface area (Å²) in [5.74, 6) is -2.13. The maximum Gasteiger partial charge on any atom is 0.327 e. The van der Waals surface area contributed by atoms with Crippen LogP contribution in [0, 0.1) is 0 Å². The summed E-state index contributed by atoms with van der Waals surface area (Å²) < 4.78 is 0.